The lowest BCUT2D eigenvalue weighted by atomic mass is 9.98. The standard InChI is InChI=1S/C14F9/c15-2-1-3(16)8(17)5-4(2)9(18)11(20)7-6(5)10(19)13(22)14(23)12(7)21. The summed E-state index contributed by atoms with van der Waals surface area (Å²) in [4.78, 5) is 0. The van der Waals surface area contributed by atoms with Crippen molar-refractivity contribution < 1.29 is 39.5 Å². The fourth-order valence-corrected chi connectivity index (χ4v) is 2.28. The summed E-state index contributed by atoms with van der Waals surface area (Å²) in [6.07, 6.45) is 0. The highest BCUT2D eigenvalue weighted by atomic mass is 19.2. The normalized spacial score (nSPS) is 11.7. The van der Waals surface area contributed by atoms with Crippen LogP contribution in [0.4, 0.5) is 39.5 Å². The predicted molar refractivity (Wildman–Crippen MR) is 59.9 cm³/mol. The summed E-state index contributed by atoms with van der Waals surface area (Å²) in [5.41, 5.74) is 0. The summed E-state index contributed by atoms with van der Waals surface area (Å²) in [5, 5.41) is -6.70. The van der Waals surface area contributed by atoms with Crippen molar-refractivity contribution in [2.75, 3.05) is 0 Å². The topological polar surface area (TPSA) is 0 Å². The van der Waals surface area contributed by atoms with Crippen molar-refractivity contribution in [3.05, 3.63) is 58.4 Å². The SMILES string of the molecule is Fc1[c]c(F)c2c(F)c(F)c3c(F)c(F)c(F)c(F)c3c2c1F. The molecule has 0 nitrogen and oxygen atoms in total. The Hall–Kier alpha value is -2.45. The molecule has 0 atom stereocenters. The Balaban J connectivity index is 2.85. The van der Waals surface area contributed by atoms with Crippen LogP contribution >= 0.6 is 0 Å². The first kappa shape index (κ1) is 15.4. The van der Waals surface area contributed by atoms with Gasteiger partial charge in [-0.3, -0.25) is 0 Å². The maximum Gasteiger partial charge on any atom is 0.198 e. The van der Waals surface area contributed by atoms with Gasteiger partial charge in [0, 0.05) is 10.8 Å². The quantitative estimate of drug-likeness (QED) is 0.233. The molecule has 0 unspecified atom stereocenters. The van der Waals surface area contributed by atoms with E-state index in [0.717, 1.165) is 6.07 Å². The maximum absolute atomic E-state index is 13.8. The van der Waals surface area contributed by atoms with Crippen molar-refractivity contribution in [1.29, 1.82) is 0 Å². The van der Waals surface area contributed by atoms with Gasteiger partial charge < -0.3 is 0 Å². The molecule has 0 aliphatic rings. The Morgan fingerprint density at radius 2 is 0.739 bits per heavy atom. The summed E-state index contributed by atoms with van der Waals surface area (Å²) in [5.74, 6) is -20.3. The molecule has 0 N–H and O–H groups in total. The van der Waals surface area contributed by atoms with Gasteiger partial charge in [-0.05, 0) is 0 Å². The third-order valence-electron chi connectivity index (χ3n) is 3.25. The molecule has 0 saturated carbocycles. The molecule has 0 amide bonds. The molecule has 1 radical (unpaired) electrons. The molecule has 0 spiro atoms. The largest absolute Gasteiger partial charge is 0.205 e. The lowest BCUT2D eigenvalue weighted by Gasteiger charge is -2.12. The average Bonchev–Trinajstić information content (AvgIpc) is 2.50. The summed E-state index contributed by atoms with van der Waals surface area (Å²) in [6, 6.07) is 1.08. The van der Waals surface area contributed by atoms with E-state index >= 15 is 0 Å². The van der Waals surface area contributed by atoms with Gasteiger partial charge in [0.05, 0.1) is 16.8 Å². The van der Waals surface area contributed by atoms with E-state index in [1.165, 1.54) is 0 Å². The minimum absolute atomic E-state index is 1.08. The Morgan fingerprint density at radius 3 is 1.30 bits per heavy atom. The van der Waals surface area contributed by atoms with E-state index in [1.54, 1.807) is 0 Å². The van der Waals surface area contributed by atoms with Gasteiger partial charge in [-0.15, -0.1) is 0 Å². The molecule has 0 saturated heterocycles. The molecule has 119 valence electrons. The van der Waals surface area contributed by atoms with Crippen molar-refractivity contribution in [3.8, 4) is 0 Å². The van der Waals surface area contributed by atoms with Crippen LogP contribution in [0.3, 0.4) is 0 Å². The Labute approximate surface area is 120 Å². The second-order valence-electron chi connectivity index (χ2n) is 4.45. The van der Waals surface area contributed by atoms with E-state index in [0.29, 0.717) is 0 Å². The van der Waals surface area contributed by atoms with Gasteiger partial charge >= 0.3 is 0 Å². The molecule has 0 aromatic heterocycles. The molecular formula is C14F9. The van der Waals surface area contributed by atoms with Gasteiger partial charge in [-0.1, -0.05) is 0 Å². The third-order valence-corrected chi connectivity index (χ3v) is 3.25. The third kappa shape index (κ3) is 1.82. The van der Waals surface area contributed by atoms with Crippen LogP contribution in [0.1, 0.15) is 0 Å². The number of rotatable bonds is 0. The summed E-state index contributed by atoms with van der Waals surface area (Å²) >= 11 is 0. The predicted octanol–water partition coefficient (Wildman–Crippen LogP) is 5.05. The van der Waals surface area contributed by atoms with Crippen molar-refractivity contribution >= 4 is 21.5 Å². The molecule has 3 aromatic rings. The zero-order chi connectivity index (χ0) is 17.2. The van der Waals surface area contributed by atoms with Gasteiger partial charge in [-0.25, -0.2) is 39.5 Å². The summed E-state index contributed by atoms with van der Waals surface area (Å²) < 4.78 is 122. The van der Waals surface area contributed by atoms with Gasteiger partial charge in [0.15, 0.2) is 46.5 Å². The highest BCUT2D eigenvalue weighted by Gasteiger charge is 2.31. The first-order chi connectivity index (χ1) is 10.7. The Kier molecular flexibility index (Phi) is 3.20. The van der Waals surface area contributed by atoms with Crippen LogP contribution in [0.2, 0.25) is 0 Å². The minimum Gasteiger partial charge on any atom is -0.205 e. The monoisotopic (exact) mass is 339 g/mol. The number of hydrogen-bond acceptors (Lipinski definition) is 0. The molecular weight excluding hydrogens is 339 g/mol. The van der Waals surface area contributed by atoms with Gasteiger partial charge in [0.2, 0.25) is 0 Å². The second-order valence-corrected chi connectivity index (χ2v) is 4.45. The van der Waals surface area contributed by atoms with E-state index in [1.807, 2.05) is 0 Å². The van der Waals surface area contributed by atoms with Crippen LogP contribution < -0.4 is 0 Å². The van der Waals surface area contributed by atoms with Crippen LogP contribution in [0.25, 0.3) is 21.5 Å². The highest BCUT2D eigenvalue weighted by molar-refractivity contribution is 6.09. The van der Waals surface area contributed by atoms with Crippen LogP contribution in [-0.2, 0) is 0 Å². The smallest absolute Gasteiger partial charge is 0.198 e. The summed E-state index contributed by atoms with van der Waals surface area (Å²) in [6.45, 7) is 0. The number of halogens is 9. The van der Waals surface area contributed by atoms with Crippen molar-refractivity contribution in [2.45, 2.75) is 0 Å². The van der Waals surface area contributed by atoms with Crippen molar-refractivity contribution in [1.82, 2.24) is 0 Å². The lowest BCUT2D eigenvalue weighted by molar-refractivity contribution is 0.415. The molecule has 3 aromatic carbocycles. The Bertz CT molecular complexity index is 1010. The first-order valence-corrected chi connectivity index (χ1v) is 5.70. The van der Waals surface area contributed by atoms with Gasteiger partial charge in [0.25, 0.3) is 0 Å². The number of hydrogen-bond donors (Lipinski definition) is 0. The second kappa shape index (κ2) is 4.77. The van der Waals surface area contributed by atoms with E-state index in [9.17, 15) is 39.5 Å². The Morgan fingerprint density at radius 1 is 0.348 bits per heavy atom. The fourth-order valence-electron chi connectivity index (χ4n) is 2.28. The molecule has 0 heterocycles. The number of fused-ring (bicyclic) bond motifs is 3. The maximum atomic E-state index is 13.8. The van der Waals surface area contributed by atoms with Crippen LogP contribution in [0.15, 0.2) is 0 Å². The van der Waals surface area contributed by atoms with E-state index < -0.39 is 73.9 Å². The molecule has 0 bridgehead atoms. The molecule has 0 fully saturated rings. The zero-order valence-electron chi connectivity index (χ0n) is 10.4. The first-order valence-electron chi connectivity index (χ1n) is 5.70. The van der Waals surface area contributed by atoms with Crippen molar-refractivity contribution in [2.24, 2.45) is 0 Å². The van der Waals surface area contributed by atoms with Crippen LogP contribution in [0.5, 0.6) is 0 Å². The molecule has 3 rings (SSSR count). The van der Waals surface area contributed by atoms with Crippen LogP contribution in [0, 0.1) is 58.4 Å². The molecule has 0 aliphatic heterocycles. The minimum atomic E-state index is -2.49. The van der Waals surface area contributed by atoms with E-state index in [2.05, 4.69) is 0 Å². The lowest BCUT2D eigenvalue weighted by Crippen LogP contribution is -2.05. The highest BCUT2D eigenvalue weighted by Crippen LogP contribution is 2.39. The van der Waals surface area contributed by atoms with Crippen molar-refractivity contribution in [3.63, 3.8) is 0 Å². The van der Waals surface area contributed by atoms with E-state index in [4.69, 9.17) is 0 Å². The average molecular weight is 339 g/mol. The fraction of sp³-hybridized carbons (Fsp3) is 0. The van der Waals surface area contributed by atoms with Gasteiger partial charge in [0.1, 0.15) is 5.82 Å². The van der Waals surface area contributed by atoms with E-state index in [-0.39, 0.29) is 0 Å². The zero-order valence-corrected chi connectivity index (χ0v) is 10.4. The number of benzene rings is 3. The molecule has 9 heteroatoms. The van der Waals surface area contributed by atoms with Crippen LogP contribution in [-0.4, -0.2) is 0 Å². The molecule has 0 aliphatic carbocycles. The van der Waals surface area contributed by atoms with Gasteiger partial charge in [-0.2, -0.15) is 0 Å². The summed E-state index contributed by atoms with van der Waals surface area (Å²) in [7, 11) is 0. The molecule has 23 heavy (non-hydrogen) atoms.